The number of aliphatic hydroxyl groups is 1. The van der Waals surface area contributed by atoms with Crippen LogP contribution in [0.15, 0.2) is 0 Å². The zero-order chi connectivity index (χ0) is 8.39. The zero-order valence-electron chi connectivity index (χ0n) is 7.33. The Hall–Kier alpha value is 0.270. The number of hydrogen-bond acceptors (Lipinski definition) is 3. The Labute approximate surface area is 78.1 Å². The smallest absolute Gasteiger partial charge is 0.0700 e. The summed E-state index contributed by atoms with van der Waals surface area (Å²) < 4.78 is 0. The minimum atomic E-state index is -0.0967. The molecule has 2 fully saturated rings. The van der Waals surface area contributed by atoms with E-state index in [0.29, 0.717) is 5.92 Å². The van der Waals surface area contributed by atoms with Crippen molar-refractivity contribution in [3.05, 3.63) is 0 Å². The first-order valence-corrected chi connectivity index (χ1v) is 6.01. The molecule has 0 aromatic rings. The maximum absolute atomic E-state index is 9.75. The average molecular weight is 187 g/mol. The van der Waals surface area contributed by atoms with Crippen molar-refractivity contribution in [3.8, 4) is 0 Å². The Balaban J connectivity index is 1.64. The molecule has 2 nitrogen and oxygen atoms in total. The Kier molecular flexibility index (Phi) is 2.94. The summed E-state index contributed by atoms with van der Waals surface area (Å²) in [4.78, 5) is 0. The summed E-state index contributed by atoms with van der Waals surface area (Å²) in [5.74, 6) is 2.96. The van der Waals surface area contributed by atoms with Gasteiger partial charge in [0, 0.05) is 12.6 Å². The van der Waals surface area contributed by atoms with Crippen molar-refractivity contribution in [2.75, 3.05) is 18.1 Å². The Morgan fingerprint density at radius 3 is 2.83 bits per heavy atom. The summed E-state index contributed by atoms with van der Waals surface area (Å²) in [6.45, 7) is 0.815. The fraction of sp³-hybridized carbons (Fsp3) is 1.00. The molecule has 12 heavy (non-hydrogen) atoms. The van der Waals surface area contributed by atoms with Crippen LogP contribution in [0.5, 0.6) is 0 Å². The van der Waals surface area contributed by atoms with E-state index in [9.17, 15) is 5.11 Å². The SMILES string of the molecule is OC(CNC1CC1)C1CCSC1. The van der Waals surface area contributed by atoms with Gasteiger partial charge in [-0.25, -0.2) is 0 Å². The molecule has 2 N–H and O–H groups in total. The Morgan fingerprint density at radius 2 is 2.25 bits per heavy atom. The molecule has 1 aliphatic carbocycles. The van der Waals surface area contributed by atoms with Crippen LogP contribution in [0.2, 0.25) is 0 Å². The molecule has 0 aromatic carbocycles. The largest absolute Gasteiger partial charge is 0.391 e. The second kappa shape index (κ2) is 3.99. The summed E-state index contributed by atoms with van der Waals surface area (Å²) >= 11 is 1.97. The quantitative estimate of drug-likeness (QED) is 0.684. The summed E-state index contributed by atoms with van der Waals surface area (Å²) in [6.07, 6.45) is 3.73. The average Bonchev–Trinajstić information content (AvgIpc) is 2.74. The number of hydrogen-bond donors (Lipinski definition) is 2. The van der Waals surface area contributed by atoms with Crippen molar-refractivity contribution in [2.24, 2.45) is 5.92 Å². The van der Waals surface area contributed by atoms with E-state index in [4.69, 9.17) is 0 Å². The van der Waals surface area contributed by atoms with Crippen LogP contribution in [0.25, 0.3) is 0 Å². The van der Waals surface area contributed by atoms with Crippen LogP contribution in [0, 0.1) is 5.92 Å². The van der Waals surface area contributed by atoms with Crippen molar-refractivity contribution in [3.63, 3.8) is 0 Å². The monoisotopic (exact) mass is 187 g/mol. The van der Waals surface area contributed by atoms with E-state index < -0.39 is 0 Å². The highest BCUT2D eigenvalue weighted by Crippen LogP contribution is 2.26. The van der Waals surface area contributed by atoms with E-state index in [0.717, 1.165) is 18.3 Å². The van der Waals surface area contributed by atoms with Gasteiger partial charge in [0.2, 0.25) is 0 Å². The molecule has 1 saturated carbocycles. The van der Waals surface area contributed by atoms with Gasteiger partial charge >= 0.3 is 0 Å². The highest BCUT2D eigenvalue weighted by Gasteiger charge is 2.26. The van der Waals surface area contributed by atoms with Gasteiger partial charge in [-0.05, 0) is 36.7 Å². The summed E-state index contributed by atoms with van der Waals surface area (Å²) in [5, 5.41) is 13.1. The van der Waals surface area contributed by atoms with Gasteiger partial charge in [-0.2, -0.15) is 11.8 Å². The lowest BCUT2D eigenvalue weighted by Gasteiger charge is -2.17. The van der Waals surface area contributed by atoms with Crippen LogP contribution in [-0.2, 0) is 0 Å². The standard InChI is InChI=1S/C9H17NOS/c11-9(5-10-8-1-2-8)7-3-4-12-6-7/h7-11H,1-6H2. The third kappa shape index (κ3) is 2.38. The molecule has 1 aliphatic heterocycles. The Morgan fingerprint density at radius 1 is 1.42 bits per heavy atom. The van der Waals surface area contributed by atoms with E-state index >= 15 is 0 Å². The molecule has 0 bridgehead atoms. The van der Waals surface area contributed by atoms with Crippen molar-refractivity contribution >= 4 is 11.8 Å². The number of thioether (sulfide) groups is 1. The zero-order valence-corrected chi connectivity index (χ0v) is 8.15. The lowest BCUT2D eigenvalue weighted by atomic mass is 10.0. The molecule has 2 unspecified atom stereocenters. The van der Waals surface area contributed by atoms with E-state index in [1.807, 2.05) is 11.8 Å². The van der Waals surface area contributed by atoms with Crippen LogP contribution in [0.3, 0.4) is 0 Å². The first kappa shape index (κ1) is 8.85. The van der Waals surface area contributed by atoms with Gasteiger partial charge in [0.15, 0.2) is 0 Å². The van der Waals surface area contributed by atoms with Crippen LogP contribution >= 0.6 is 11.8 Å². The third-order valence-electron chi connectivity index (χ3n) is 2.70. The number of rotatable bonds is 4. The number of aliphatic hydroxyl groups excluding tert-OH is 1. The Bertz CT molecular complexity index is 143. The molecule has 2 rings (SSSR count). The van der Waals surface area contributed by atoms with Gasteiger partial charge in [-0.3, -0.25) is 0 Å². The molecular weight excluding hydrogens is 170 g/mol. The van der Waals surface area contributed by atoms with Gasteiger partial charge in [-0.15, -0.1) is 0 Å². The summed E-state index contributed by atoms with van der Waals surface area (Å²) in [5.41, 5.74) is 0. The van der Waals surface area contributed by atoms with Crippen LogP contribution in [0.4, 0.5) is 0 Å². The lowest BCUT2D eigenvalue weighted by Crippen LogP contribution is -2.33. The first-order valence-electron chi connectivity index (χ1n) is 4.85. The maximum Gasteiger partial charge on any atom is 0.0700 e. The minimum Gasteiger partial charge on any atom is -0.391 e. The third-order valence-corrected chi connectivity index (χ3v) is 3.89. The molecule has 2 atom stereocenters. The van der Waals surface area contributed by atoms with Crippen LogP contribution in [0.1, 0.15) is 19.3 Å². The molecular formula is C9H17NOS. The van der Waals surface area contributed by atoms with Gasteiger partial charge in [0.25, 0.3) is 0 Å². The highest BCUT2D eigenvalue weighted by atomic mass is 32.2. The van der Waals surface area contributed by atoms with E-state index in [1.54, 1.807) is 0 Å². The highest BCUT2D eigenvalue weighted by molar-refractivity contribution is 7.99. The van der Waals surface area contributed by atoms with E-state index in [1.165, 1.54) is 25.0 Å². The lowest BCUT2D eigenvalue weighted by molar-refractivity contribution is 0.118. The molecule has 0 aromatic heterocycles. The molecule has 3 heteroatoms. The predicted octanol–water partition coefficient (Wildman–Crippen LogP) is 0.852. The summed E-state index contributed by atoms with van der Waals surface area (Å²) in [7, 11) is 0. The van der Waals surface area contributed by atoms with Crippen molar-refractivity contribution in [2.45, 2.75) is 31.4 Å². The molecule has 0 radical (unpaired) electrons. The normalized spacial score (nSPS) is 32.2. The fourth-order valence-corrected chi connectivity index (χ4v) is 2.93. The maximum atomic E-state index is 9.75. The topological polar surface area (TPSA) is 32.3 Å². The van der Waals surface area contributed by atoms with E-state index in [-0.39, 0.29) is 6.10 Å². The summed E-state index contributed by atoms with van der Waals surface area (Å²) in [6, 6.07) is 0.730. The molecule has 70 valence electrons. The predicted molar refractivity (Wildman–Crippen MR) is 52.5 cm³/mol. The minimum absolute atomic E-state index is 0.0967. The van der Waals surface area contributed by atoms with Gasteiger partial charge in [0.05, 0.1) is 6.10 Å². The first-order chi connectivity index (χ1) is 5.86. The number of nitrogens with one attached hydrogen (secondary N) is 1. The van der Waals surface area contributed by atoms with E-state index in [2.05, 4.69) is 5.32 Å². The second-order valence-electron chi connectivity index (χ2n) is 3.87. The molecule has 1 saturated heterocycles. The molecule has 2 aliphatic rings. The molecule has 0 spiro atoms. The van der Waals surface area contributed by atoms with Gasteiger partial charge < -0.3 is 10.4 Å². The van der Waals surface area contributed by atoms with Gasteiger partial charge in [-0.1, -0.05) is 0 Å². The molecule has 1 heterocycles. The van der Waals surface area contributed by atoms with Gasteiger partial charge in [0.1, 0.15) is 0 Å². The second-order valence-corrected chi connectivity index (χ2v) is 5.02. The van der Waals surface area contributed by atoms with Crippen molar-refractivity contribution in [1.82, 2.24) is 5.32 Å². The van der Waals surface area contributed by atoms with Crippen molar-refractivity contribution in [1.29, 1.82) is 0 Å². The van der Waals surface area contributed by atoms with Crippen molar-refractivity contribution < 1.29 is 5.11 Å². The molecule has 0 amide bonds. The van der Waals surface area contributed by atoms with Crippen LogP contribution < -0.4 is 5.32 Å². The van der Waals surface area contributed by atoms with Crippen LogP contribution in [-0.4, -0.2) is 35.3 Å². The fourth-order valence-electron chi connectivity index (χ4n) is 1.60.